The van der Waals surface area contributed by atoms with Gasteiger partial charge in [0.25, 0.3) is 0 Å². The number of hydrogen-bond acceptors (Lipinski definition) is 4. The molecule has 0 aromatic carbocycles. The van der Waals surface area contributed by atoms with Crippen LogP contribution in [-0.2, 0) is 9.59 Å². The van der Waals surface area contributed by atoms with Gasteiger partial charge in [0.05, 0.1) is 16.1 Å². The first kappa shape index (κ1) is 12.6. The van der Waals surface area contributed by atoms with Crippen molar-refractivity contribution in [2.24, 2.45) is 0 Å². The van der Waals surface area contributed by atoms with E-state index in [1.807, 2.05) is 0 Å². The van der Waals surface area contributed by atoms with Gasteiger partial charge in [-0.25, -0.2) is 9.78 Å². The summed E-state index contributed by atoms with van der Waals surface area (Å²) >= 11 is 1.26. The zero-order chi connectivity index (χ0) is 12.3. The van der Waals surface area contributed by atoms with Gasteiger partial charge in [0, 0.05) is 13.5 Å². The summed E-state index contributed by atoms with van der Waals surface area (Å²) in [5, 5.41) is 9.20. The van der Waals surface area contributed by atoms with E-state index in [2.05, 4.69) is 4.98 Å². The van der Waals surface area contributed by atoms with Crippen molar-refractivity contribution in [3.05, 3.63) is 16.1 Å². The maximum Gasteiger partial charge on any atom is 0.332 e. The standard InChI is InChI=1S/C10H14N2O3S/c1-4-12(7(3)13)8(10(14)15)9-6(2)11-5-16-9/h5,8H,4H2,1-3H3,(H,14,15). The first-order valence-electron chi connectivity index (χ1n) is 4.89. The molecule has 1 amide bonds. The molecule has 1 aromatic rings. The van der Waals surface area contributed by atoms with Gasteiger partial charge in [-0.15, -0.1) is 11.3 Å². The molecule has 0 radical (unpaired) electrons. The minimum atomic E-state index is -1.02. The van der Waals surface area contributed by atoms with Crippen LogP contribution in [0.3, 0.4) is 0 Å². The van der Waals surface area contributed by atoms with Gasteiger partial charge < -0.3 is 10.0 Å². The Balaban J connectivity index is 3.14. The summed E-state index contributed by atoms with van der Waals surface area (Å²) in [5.41, 5.74) is 2.26. The minimum Gasteiger partial charge on any atom is -0.479 e. The molecule has 0 fully saturated rings. The van der Waals surface area contributed by atoms with Crippen LogP contribution in [0.25, 0.3) is 0 Å². The number of aromatic nitrogens is 1. The first-order valence-corrected chi connectivity index (χ1v) is 5.77. The second-order valence-electron chi connectivity index (χ2n) is 3.35. The van der Waals surface area contributed by atoms with Gasteiger partial charge in [-0.2, -0.15) is 0 Å². The van der Waals surface area contributed by atoms with Crippen LogP contribution in [0.2, 0.25) is 0 Å². The fourth-order valence-corrected chi connectivity index (χ4v) is 2.45. The van der Waals surface area contributed by atoms with Crippen LogP contribution >= 0.6 is 11.3 Å². The van der Waals surface area contributed by atoms with Crippen molar-refractivity contribution in [3.63, 3.8) is 0 Å². The largest absolute Gasteiger partial charge is 0.479 e. The van der Waals surface area contributed by atoms with E-state index in [4.69, 9.17) is 0 Å². The monoisotopic (exact) mass is 242 g/mol. The Morgan fingerprint density at radius 3 is 2.56 bits per heavy atom. The van der Waals surface area contributed by atoms with Gasteiger partial charge in [0.2, 0.25) is 5.91 Å². The molecule has 0 aliphatic carbocycles. The molecule has 1 aromatic heterocycles. The van der Waals surface area contributed by atoms with E-state index in [1.165, 1.54) is 23.2 Å². The number of hydrogen-bond donors (Lipinski definition) is 1. The number of nitrogens with zero attached hydrogens (tertiary/aromatic N) is 2. The molecule has 0 aliphatic heterocycles. The third kappa shape index (κ3) is 2.38. The number of carboxylic acid groups (broad SMARTS) is 1. The Labute approximate surface area is 97.7 Å². The number of carboxylic acids is 1. The number of aryl methyl sites for hydroxylation is 1. The van der Waals surface area contributed by atoms with Crippen LogP contribution in [0.5, 0.6) is 0 Å². The highest BCUT2D eigenvalue weighted by Gasteiger charge is 2.30. The molecule has 0 bridgehead atoms. The number of carbonyl (C=O) groups is 2. The maximum atomic E-state index is 11.4. The molecule has 1 N–H and O–H groups in total. The lowest BCUT2D eigenvalue weighted by Gasteiger charge is -2.25. The van der Waals surface area contributed by atoms with Gasteiger partial charge in [0.1, 0.15) is 0 Å². The maximum absolute atomic E-state index is 11.4. The van der Waals surface area contributed by atoms with Crippen molar-refractivity contribution in [1.29, 1.82) is 0 Å². The molecule has 5 nitrogen and oxygen atoms in total. The van der Waals surface area contributed by atoms with Gasteiger partial charge in [-0.05, 0) is 13.8 Å². The van der Waals surface area contributed by atoms with E-state index in [1.54, 1.807) is 19.4 Å². The van der Waals surface area contributed by atoms with E-state index in [9.17, 15) is 14.7 Å². The highest BCUT2D eigenvalue weighted by Crippen LogP contribution is 2.27. The summed E-state index contributed by atoms with van der Waals surface area (Å²) in [7, 11) is 0. The average Bonchev–Trinajstić information content (AvgIpc) is 2.59. The SMILES string of the molecule is CCN(C(C)=O)C(C(=O)O)c1scnc1C. The summed E-state index contributed by atoms with van der Waals surface area (Å²) in [4.78, 5) is 28.6. The topological polar surface area (TPSA) is 70.5 Å². The number of aliphatic carboxylic acids is 1. The molecule has 0 saturated heterocycles. The van der Waals surface area contributed by atoms with Crippen LogP contribution in [-0.4, -0.2) is 33.4 Å². The molecule has 1 atom stereocenters. The molecular formula is C10H14N2O3S. The number of amides is 1. The van der Waals surface area contributed by atoms with Gasteiger partial charge in [-0.1, -0.05) is 0 Å². The molecular weight excluding hydrogens is 228 g/mol. The minimum absolute atomic E-state index is 0.247. The highest BCUT2D eigenvalue weighted by molar-refractivity contribution is 7.10. The molecule has 1 heterocycles. The Morgan fingerprint density at radius 1 is 1.62 bits per heavy atom. The van der Waals surface area contributed by atoms with Crippen LogP contribution in [0.15, 0.2) is 5.51 Å². The fourth-order valence-electron chi connectivity index (χ4n) is 1.55. The molecule has 1 unspecified atom stereocenters. The quantitative estimate of drug-likeness (QED) is 0.867. The van der Waals surface area contributed by atoms with Gasteiger partial charge in [0.15, 0.2) is 6.04 Å². The van der Waals surface area contributed by atoms with Crippen molar-refractivity contribution in [3.8, 4) is 0 Å². The predicted molar refractivity (Wildman–Crippen MR) is 60.3 cm³/mol. The second kappa shape index (κ2) is 5.07. The molecule has 0 saturated carbocycles. The second-order valence-corrected chi connectivity index (χ2v) is 4.23. The summed E-state index contributed by atoms with van der Waals surface area (Å²) in [6.45, 7) is 5.24. The summed E-state index contributed by atoms with van der Waals surface area (Å²) in [6, 6.07) is -0.921. The van der Waals surface area contributed by atoms with Crippen LogP contribution in [0, 0.1) is 6.92 Å². The molecule has 6 heteroatoms. The summed E-state index contributed by atoms with van der Waals surface area (Å²) in [5.74, 6) is -1.27. The third-order valence-electron chi connectivity index (χ3n) is 2.32. The zero-order valence-corrected chi connectivity index (χ0v) is 10.2. The lowest BCUT2D eigenvalue weighted by molar-refractivity contribution is -0.149. The lowest BCUT2D eigenvalue weighted by atomic mass is 10.2. The van der Waals surface area contributed by atoms with Crippen molar-refractivity contribution in [2.45, 2.75) is 26.8 Å². The van der Waals surface area contributed by atoms with Gasteiger partial charge >= 0.3 is 5.97 Å². The average molecular weight is 242 g/mol. The number of carbonyl (C=O) groups excluding carboxylic acids is 1. The molecule has 0 spiro atoms. The molecule has 88 valence electrons. The van der Waals surface area contributed by atoms with Crippen LogP contribution in [0.1, 0.15) is 30.5 Å². The fraction of sp³-hybridized carbons (Fsp3) is 0.500. The van der Waals surface area contributed by atoms with Crippen molar-refractivity contribution in [1.82, 2.24) is 9.88 Å². The van der Waals surface area contributed by atoms with E-state index in [-0.39, 0.29) is 5.91 Å². The van der Waals surface area contributed by atoms with Crippen molar-refractivity contribution >= 4 is 23.2 Å². The number of thiazole rings is 1. The smallest absolute Gasteiger partial charge is 0.332 e. The molecule has 16 heavy (non-hydrogen) atoms. The Bertz CT molecular complexity index is 403. The molecule has 0 aliphatic rings. The van der Waals surface area contributed by atoms with Crippen molar-refractivity contribution in [2.75, 3.05) is 6.54 Å². The van der Waals surface area contributed by atoms with Gasteiger partial charge in [-0.3, -0.25) is 4.79 Å². The van der Waals surface area contributed by atoms with E-state index < -0.39 is 12.0 Å². The Kier molecular flexibility index (Phi) is 4.00. The van der Waals surface area contributed by atoms with Crippen LogP contribution in [0.4, 0.5) is 0 Å². The Morgan fingerprint density at radius 2 is 2.25 bits per heavy atom. The summed E-state index contributed by atoms with van der Waals surface area (Å²) in [6.07, 6.45) is 0. The zero-order valence-electron chi connectivity index (χ0n) is 9.43. The Hall–Kier alpha value is -1.43. The summed E-state index contributed by atoms with van der Waals surface area (Å²) < 4.78 is 0. The third-order valence-corrected chi connectivity index (χ3v) is 3.31. The number of rotatable bonds is 4. The van der Waals surface area contributed by atoms with E-state index in [0.717, 1.165) is 0 Å². The van der Waals surface area contributed by atoms with Crippen molar-refractivity contribution < 1.29 is 14.7 Å². The van der Waals surface area contributed by atoms with E-state index in [0.29, 0.717) is 17.1 Å². The first-order chi connectivity index (χ1) is 7.49. The highest BCUT2D eigenvalue weighted by atomic mass is 32.1. The predicted octanol–water partition coefficient (Wildman–Crippen LogP) is 1.45. The van der Waals surface area contributed by atoms with Crippen LogP contribution < -0.4 is 0 Å². The molecule has 1 rings (SSSR count). The number of likely N-dealkylation sites (N-methyl/N-ethyl adjacent to an activating group) is 1. The lowest BCUT2D eigenvalue weighted by Crippen LogP contribution is -2.37. The normalized spacial score (nSPS) is 12.2. The van der Waals surface area contributed by atoms with E-state index >= 15 is 0 Å².